The highest BCUT2D eigenvalue weighted by molar-refractivity contribution is 5.86. The van der Waals surface area contributed by atoms with Gasteiger partial charge in [-0.25, -0.2) is 4.98 Å². The number of ether oxygens (including phenoxy) is 1. The van der Waals surface area contributed by atoms with E-state index in [-0.39, 0.29) is 18.6 Å². The minimum absolute atomic E-state index is 0.0814. The summed E-state index contributed by atoms with van der Waals surface area (Å²) >= 11 is 0. The lowest BCUT2D eigenvalue weighted by atomic mass is 9.86. The first kappa shape index (κ1) is 23.7. The molecule has 4 N–H and O–H groups in total. The zero-order chi connectivity index (χ0) is 24.5. The van der Waals surface area contributed by atoms with Gasteiger partial charge < -0.3 is 20.9 Å². The molecule has 5 rings (SSSR count). The summed E-state index contributed by atoms with van der Waals surface area (Å²) < 4.78 is 7.58. The van der Waals surface area contributed by atoms with E-state index in [2.05, 4.69) is 44.2 Å². The molecule has 0 bridgehead atoms. The number of piperazine rings is 1. The number of aromatic nitrogens is 5. The van der Waals surface area contributed by atoms with Crippen LogP contribution in [-0.2, 0) is 13.1 Å². The summed E-state index contributed by atoms with van der Waals surface area (Å²) in [5.74, 6) is 1.60. The average molecular weight is 482 g/mol. The van der Waals surface area contributed by atoms with Gasteiger partial charge in [0.25, 0.3) is 0 Å². The van der Waals surface area contributed by atoms with Crippen molar-refractivity contribution < 1.29 is 9.84 Å². The van der Waals surface area contributed by atoms with Crippen LogP contribution in [0.4, 0.5) is 11.8 Å². The second-order valence-corrected chi connectivity index (χ2v) is 9.60. The van der Waals surface area contributed by atoms with Crippen LogP contribution in [0.5, 0.6) is 5.75 Å². The fourth-order valence-electron chi connectivity index (χ4n) is 5.24. The molecule has 3 atom stereocenters. The minimum atomic E-state index is 0.0814. The normalized spacial score (nSPS) is 20.8. The van der Waals surface area contributed by atoms with E-state index in [9.17, 15) is 5.11 Å². The van der Waals surface area contributed by atoms with Gasteiger partial charge in [0.1, 0.15) is 16.8 Å². The number of aliphatic hydroxyl groups excluding tert-OH is 1. The number of pyridine rings is 1. The Bertz CT molecular complexity index is 1180. The van der Waals surface area contributed by atoms with Crippen molar-refractivity contribution in [1.29, 1.82) is 0 Å². The first-order valence-electron chi connectivity index (χ1n) is 12.3. The number of methoxy groups -OCH3 is 1. The fraction of sp³-hybridized carbons (Fsp3) is 0.583. The zero-order valence-corrected chi connectivity index (χ0v) is 20.7. The van der Waals surface area contributed by atoms with Gasteiger partial charge in [0.15, 0.2) is 5.82 Å². The minimum Gasteiger partial charge on any atom is -0.496 e. The number of likely N-dealkylation sites (tertiary alicyclic amines) is 2. The summed E-state index contributed by atoms with van der Waals surface area (Å²) in [6, 6.07) is 3.47. The molecule has 0 amide bonds. The van der Waals surface area contributed by atoms with Gasteiger partial charge in [-0.05, 0) is 19.9 Å². The van der Waals surface area contributed by atoms with Crippen molar-refractivity contribution in [3.8, 4) is 5.75 Å². The standard InChI is InChI=1S/C24H35N9O2/c1-4-5-16(6-7-34)28-23-22-18(29-24(25)30-23)10-27-33(22)11-15-9-26-17(8-21(15)35-3)12-32-14-19-20(32)13-31(19)2/h8-10,16,19-20,34H,4-7,11-14H2,1-3H3,(H3,25,28,29,30)/t16-,19?,20?/m0/s1. The van der Waals surface area contributed by atoms with Crippen molar-refractivity contribution in [3.63, 3.8) is 0 Å². The maximum atomic E-state index is 9.47. The number of nitrogens with two attached hydrogens (primary N) is 1. The number of nitrogens with zero attached hydrogens (tertiary/aromatic N) is 7. The summed E-state index contributed by atoms with van der Waals surface area (Å²) in [6.45, 7) is 5.74. The highest BCUT2D eigenvalue weighted by Crippen LogP contribution is 2.33. The number of fused-ring (bicyclic) bond motifs is 2. The molecule has 0 aromatic carbocycles. The lowest BCUT2D eigenvalue weighted by Crippen LogP contribution is -2.77. The van der Waals surface area contributed by atoms with E-state index in [1.165, 1.54) is 0 Å². The molecule has 2 aliphatic heterocycles. The molecule has 0 aliphatic carbocycles. The molecule has 0 saturated carbocycles. The van der Waals surface area contributed by atoms with E-state index in [1.54, 1.807) is 13.3 Å². The summed E-state index contributed by atoms with van der Waals surface area (Å²) in [7, 11) is 3.87. The molecule has 2 saturated heterocycles. The van der Waals surface area contributed by atoms with Crippen molar-refractivity contribution in [3.05, 3.63) is 29.7 Å². The number of anilines is 2. The van der Waals surface area contributed by atoms with Crippen LogP contribution >= 0.6 is 0 Å². The number of nitrogen functional groups attached to an aromatic ring is 1. The van der Waals surface area contributed by atoms with Gasteiger partial charge in [0.05, 0.1) is 25.5 Å². The Hall–Kier alpha value is -3.02. The summed E-state index contributed by atoms with van der Waals surface area (Å²) in [5, 5.41) is 17.5. The Morgan fingerprint density at radius 2 is 2.06 bits per heavy atom. The van der Waals surface area contributed by atoms with Gasteiger partial charge in [0, 0.05) is 62.2 Å². The summed E-state index contributed by atoms with van der Waals surface area (Å²) in [6.07, 6.45) is 6.10. The van der Waals surface area contributed by atoms with E-state index < -0.39 is 0 Å². The van der Waals surface area contributed by atoms with E-state index >= 15 is 0 Å². The van der Waals surface area contributed by atoms with Gasteiger partial charge in [-0.1, -0.05) is 13.3 Å². The third-order valence-corrected chi connectivity index (χ3v) is 7.24. The molecular formula is C24H35N9O2. The highest BCUT2D eigenvalue weighted by atomic mass is 16.5. The van der Waals surface area contributed by atoms with E-state index in [0.717, 1.165) is 55.0 Å². The molecule has 3 aromatic rings. The van der Waals surface area contributed by atoms with Crippen LogP contribution in [0.15, 0.2) is 18.5 Å². The quantitative estimate of drug-likeness (QED) is 0.368. The number of nitrogens with one attached hydrogen (secondary N) is 1. The molecule has 0 radical (unpaired) electrons. The van der Waals surface area contributed by atoms with Crippen molar-refractivity contribution in [2.75, 3.05) is 44.9 Å². The Balaban J connectivity index is 1.38. The lowest BCUT2D eigenvalue weighted by molar-refractivity contribution is -0.116. The predicted octanol–water partition coefficient (Wildman–Crippen LogP) is 1.32. The van der Waals surface area contributed by atoms with Gasteiger partial charge >= 0.3 is 0 Å². The van der Waals surface area contributed by atoms with Crippen molar-refractivity contribution >= 4 is 22.8 Å². The third-order valence-electron chi connectivity index (χ3n) is 7.24. The van der Waals surface area contributed by atoms with Crippen LogP contribution in [0.3, 0.4) is 0 Å². The number of hydrogen-bond acceptors (Lipinski definition) is 10. The molecule has 5 heterocycles. The molecular weight excluding hydrogens is 446 g/mol. The first-order valence-corrected chi connectivity index (χ1v) is 12.3. The molecule has 3 aromatic heterocycles. The van der Waals surface area contributed by atoms with Crippen LogP contribution < -0.4 is 15.8 Å². The SMILES string of the molecule is CCC[C@@H](CCO)Nc1nc(N)nc2cnn(Cc3cnc(CN4CC5C4CN5C)cc3OC)c12. The van der Waals surface area contributed by atoms with Gasteiger partial charge in [-0.3, -0.25) is 19.5 Å². The Kier molecular flexibility index (Phi) is 6.72. The second kappa shape index (κ2) is 9.92. The lowest BCUT2D eigenvalue weighted by Gasteiger charge is -2.61. The van der Waals surface area contributed by atoms with Gasteiger partial charge in [0.2, 0.25) is 5.95 Å². The number of likely N-dealkylation sites (N-methyl/N-ethyl adjacent to an activating group) is 1. The molecule has 0 spiro atoms. The molecule has 2 unspecified atom stereocenters. The van der Waals surface area contributed by atoms with Crippen LogP contribution in [0.2, 0.25) is 0 Å². The molecule has 2 aliphatic rings. The summed E-state index contributed by atoms with van der Waals surface area (Å²) in [5.41, 5.74) is 9.34. The Morgan fingerprint density at radius 1 is 1.20 bits per heavy atom. The van der Waals surface area contributed by atoms with E-state index in [1.807, 2.05) is 16.9 Å². The summed E-state index contributed by atoms with van der Waals surface area (Å²) in [4.78, 5) is 18.4. The van der Waals surface area contributed by atoms with Crippen molar-refractivity contribution in [2.24, 2.45) is 0 Å². The van der Waals surface area contributed by atoms with Crippen LogP contribution in [0.25, 0.3) is 11.0 Å². The molecule has 11 heteroatoms. The second-order valence-electron chi connectivity index (χ2n) is 9.60. The molecule has 2 fully saturated rings. The largest absolute Gasteiger partial charge is 0.496 e. The maximum Gasteiger partial charge on any atom is 0.222 e. The van der Waals surface area contributed by atoms with Crippen LogP contribution in [-0.4, -0.2) is 91.6 Å². The fourth-order valence-corrected chi connectivity index (χ4v) is 5.24. The number of hydrogen-bond donors (Lipinski definition) is 3. The number of aliphatic hydroxyl groups is 1. The van der Waals surface area contributed by atoms with Gasteiger partial charge in [-0.15, -0.1) is 0 Å². The monoisotopic (exact) mass is 481 g/mol. The van der Waals surface area contributed by atoms with E-state index in [0.29, 0.717) is 36.4 Å². The average Bonchev–Trinajstić information content (AvgIpc) is 3.23. The topological polar surface area (TPSA) is 130 Å². The van der Waals surface area contributed by atoms with Crippen LogP contribution in [0, 0.1) is 0 Å². The smallest absolute Gasteiger partial charge is 0.222 e. The van der Waals surface area contributed by atoms with Crippen molar-refractivity contribution in [2.45, 2.75) is 57.4 Å². The zero-order valence-electron chi connectivity index (χ0n) is 20.7. The highest BCUT2D eigenvalue weighted by Gasteiger charge is 2.49. The van der Waals surface area contributed by atoms with Gasteiger partial charge in [-0.2, -0.15) is 10.1 Å². The predicted molar refractivity (Wildman–Crippen MR) is 134 cm³/mol. The molecule has 35 heavy (non-hydrogen) atoms. The molecule has 11 nitrogen and oxygen atoms in total. The Morgan fingerprint density at radius 3 is 2.74 bits per heavy atom. The first-order chi connectivity index (χ1) is 17.0. The van der Waals surface area contributed by atoms with Crippen LogP contribution in [0.1, 0.15) is 37.4 Å². The van der Waals surface area contributed by atoms with Crippen molar-refractivity contribution in [1.82, 2.24) is 34.5 Å². The van der Waals surface area contributed by atoms with E-state index in [4.69, 9.17) is 15.5 Å². The number of rotatable bonds is 11. The molecule has 188 valence electrons. The maximum absolute atomic E-state index is 9.47. The third kappa shape index (κ3) is 4.63. The Labute approximate surface area is 205 Å².